The van der Waals surface area contributed by atoms with Crippen molar-refractivity contribution >= 4 is 46.4 Å². The maximum Gasteiger partial charge on any atom is 0.293 e. The average molecular weight is 499 g/mol. The Morgan fingerprint density at radius 1 is 1.11 bits per heavy atom. The minimum Gasteiger partial charge on any atom is -0.379 e. The highest BCUT2D eigenvalue weighted by molar-refractivity contribution is 6.31. The van der Waals surface area contributed by atoms with Crippen molar-refractivity contribution in [3.8, 4) is 0 Å². The van der Waals surface area contributed by atoms with E-state index in [0.717, 1.165) is 31.2 Å². The monoisotopic (exact) mass is 498 g/mol. The summed E-state index contributed by atoms with van der Waals surface area (Å²) in [6.07, 6.45) is 3.96. The van der Waals surface area contributed by atoms with Gasteiger partial charge < -0.3 is 10.6 Å². The summed E-state index contributed by atoms with van der Waals surface area (Å²) >= 11 is 6.09. The lowest BCUT2D eigenvalue weighted by molar-refractivity contribution is -0.384. The lowest BCUT2D eigenvalue weighted by Gasteiger charge is -2.19. The fraction of sp³-hybridized carbons (Fsp3) is 0.400. The number of likely N-dealkylation sites (tertiary alicyclic amines) is 1. The zero-order valence-electron chi connectivity index (χ0n) is 19.4. The molecule has 1 aliphatic heterocycles. The van der Waals surface area contributed by atoms with E-state index in [0.29, 0.717) is 23.7 Å². The van der Waals surface area contributed by atoms with Crippen LogP contribution in [0.3, 0.4) is 0 Å². The molecule has 3 amide bonds. The second-order valence-corrected chi connectivity index (χ2v) is 9.42. The van der Waals surface area contributed by atoms with Gasteiger partial charge in [-0.1, -0.05) is 30.5 Å². The van der Waals surface area contributed by atoms with E-state index in [1.165, 1.54) is 23.1 Å². The van der Waals surface area contributed by atoms with Gasteiger partial charge in [-0.3, -0.25) is 29.4 Å². The Morgan fingerprint density at radius 2 is 1.80 bits per heavy atom. The van der Waals surface area contributed by atoms with Gasteiger partial charge >= 0.3 is 0 Å². The van der Waals surface area contributed by atoms with Crippen LogP contribution in [0.25, 0.3) is 0 Å². The highest BCUT2D eigenvalue weighted by Crippen LogP contribution is 2.38. The van der Waals surface area contributed by atoms with Gasteiger partial charge in [-0.05, 0) is 56.0 Å². The Balaban J connectivity index is 1.36. The largest absolute Gasteiger partial charge is 0.379 e. The molecule has 184 valence electrons. The van der Waals surface area contributed by atoms with Crippen molar-refractivity contribution in [3.63, 3.8) is 0 Å². The molecular formula is C25H27ClN4O5. The molecule has 2 aromatic rings. The molecule has 2 atom stereocenters. The minimum atomic E-state index is -0.555. The number of nitrogens with one attached hydrogen (secondary N) is 2. The summed E-state index contributed by atoms with van der Waals surface area (Å²) < 4.78 is 0. The van der Waals surface area contributed by atoms with E-state index in [1.807, 2.05) is 6.92 Å². The molecule has 1 aliphatic carbocycles. The van der Waals surface area contributed by atoms with E-state index < -0.39 is 10.8 Å². The van der Waals surface area contributed by atoms with E-state index >= 15 is 0 Å². The number of amides is 3. The summed E-state index contributed by atoms with van der Waals surface area (Å²) in [6.45, 7) is 2.46. The van der Waals surface area contributed by atoms with Crippen molar-refractivity contribution in [2.45, 2.75) is 39.0 Å². The molecule has 0 radical (unpaired) electrons. The summed E-state index contributed by atoms with van der Waals surface area (Å²) in [5.41, 5.74) is 1.51. The van der Waals surface area contributed by atoms with Gasteiger partial charge in [-0.2, -0.15) is 0 Å². The van der Waals surface area contributed by atoms with Crippen LogP contribution in [0, 0.1) is 28.9 Å². The molecular weight excluding hydrogens is 472 g/mol. The van der Waals surface area contributed by atoms with Crippen LogP contribution >= 0.6 is 11.6 Å². The Kier molecular flexibility index (Phi) is 7.35. The van der Waals surface area contributed by atoms with E-state index in [-0.39, 0.29) is 47.1 Å². The van der Waals surface area contributed by atoms with Crippen LogP contribution in [-0.2, 0) is 9.59 Å². The van der Waals surface area contributed by atoms with Crippen molar-refractivity contribution in [2.75, 3.05) is 23.7 Å². The number of nitrogens with zero attached hydrogens (tertiary/aromatic N) is 2. The molecule has 35 heavy (non-hydrogen) atoms. The number of hydrogen-bond donors (Lipinski definition) is 2. The number of rotatable bonds is 8. The predicted octanol–water partition coefficient (Wildman–Crippen LogP) is 4.79. The molecule has 1 saturated carbocycles. The molecule has 0 bridgehead atoms. The molecule has 2 N–H and O–H groups in total. The number of fused-ring (bicyclic) bond motifs is 1. The average Bonchev–Trinajstić information content (AvgIpc) is 3.09. The van der Waals surface area contributed by atoms with Crippen LogP contribution in [0.5, 0.6) is 0 Å². The van der Waals surface area contributed by atoms with E-state index in [1.54, 1.807) is 18.2 Å². The van der Waals surface area contributed by atoms with Crippen molar-refractivity contribution in [3.05, 3.63) is 62.7 Å². The van der Waals surface area contributed by atoms with Gasteiger partial charge in [0.1, 0.15) is 5.69 Å². The Morgan fingerprint density at radius 3 is 2.43 bits per heavy atom. The first-order valence-electron chi connectivity index (χ1n) is 11.7. The van der Waals surface area contributed by atoms with Gasteiger partial charge in [-0.15, -0.1) is 0 Å². The van der Waals surface area contributed by atoms with Gasteiger partial charge in [0, 0.05) is 35.4 Å². The number of hydrogen-bond acceptors (Lipinski definition) is 6. The number of carbonyl (C=O) groups excluding carboxylic acids is 3. The Hall–Kier alpha value is -3.46. The summed E-state index contributed by atoms with van der Waals surface area (Å²) in [6, 6.07) is 9.28. The Labute approximate surface area is 208 Å². The second-order valence-electron chi connectivity index (χ2n) is 9.01. The molecule has 0 spiro atoms. The smallest absolute Gasteiger partial charge is 0.293 e. The molecule has 1 saturated heterocycles. The summed E-state index contributed by atoms with van der Waals surface area (Å²) in [5.74, 6) is -1.03. The number of imide groups is 1. The number of benzene rings is 2. The third-order valence-electron chi connectivity index (χ3n) is 6.69. The van der Waals surface area contributed by atoms with Crippen molar-refractivity contribution in [2.24, 2.45) is 11.8 Å². The molecule has 0 aromatic heterocycles. The van der Waals surface area contributed by atoms with Crippen molar-refractivity contribution in [1.29, 1.82) is 0 Å². The summed E-state index contributed by atoms with van der Waals surface area (Å²) in [7, 11) is 0. The SMILES string of the molecule is Cc1ccc(NC(=O)c2ccc(NCCCN3C(=O)[C@H]4CCCC[C@@H]4C3=O)c([N+](=O)[O-])c2)cc1Cl. The van der Waals surface area contributed by atoms with Gasteiger partial charge in [0.05, 0.1) is 16.8 Å². The van der Waals surface area contributed by atoms with Crippen LogP contribution in [0.4, 0.5) is 17.1 Å². The first-order valence-corrected chi connectivity index (χ1v) is 12.1. The number of nitro groups is 1. The highest BCUT2D eigenvalue weighted by Gasteiger charge is 2.47. The number of halogens is 1. The zero-order chi connectivity index (χ0) is 25.1. The maximum atomic E-state index is 12.6. The van der Waals surface area contributed by atoms with Crippen LogP contribution in [0.1, 0.15) is 48.0 Å². The predicted molar refractivity (Wildman–Crippen MR) is 133 cm³/mol. The maximum absolute atomic E-state index is 12.6. The molecule has 1 heterocycles. The fourth-order valence-electron chi connectivity index (χ4n) is 4.76. The van der Waals surface area contributed by atoms with Gasteiger partial charge in [-0.25, -0.2) is 0 Å². The van der Waals surface area contributed by atoms with Gasteiger partial charge in [0.2, 0.25) is 11.8 Å². The zero-order valence-corrected chi connectivity index (χ0v) is 20.1. The molecule has 10 heteroatoms. The molecule has 9 nitrogen and oxygen atoms in total. The van der Waals surface area contributed by atoms with Crippen LogP contribution in [0.15, 0.2) is 36.4 Å². The van der Waals surface area contributed by atoms with E-state index in [2.05, 4.69) is 10.6 Å². The molecule has 4 rings (SSSR count). The molecule has 2 aromatic carbocycles. The van der Waals surface area contributed by atoms with Crippen LogP contribution in [0.2, 0.25) is 5.02 Å². The normalized spacial score (nSPS) is 19.4. The third-order valence-corrected chi connectivity index (χ3v) is 7.10. The fourth-order valence-corrected chi connectivity index (χ4v) is 4.94. The number of anilines is 2. The van der Waals surface area contributed by atoms with E-state index in [9.17, 15) is 24.5 Å². The first kappa shape index (κ1) is 24.7. The lowest BCUT2D eigenvalue weighted by Crippen LogP contribution is -2.33. The van der Waals surface area contributed by atoms with Gasteiger partial charge in [0.15, 0.2) is 0 Å². The van der Waals surface area contributed by atoms with Gasteiger partial charge in [0.25, 0.3) is 11.6 Å². The van der Waals surface area contributed by atoms with Crippen LogP contribution < -0.4 is 10.6 Å². The standard InChI is InChI=1S/C25H27ClN4O5/c1-15-7-9-17(14-20(15)26)28-23(31)16-8-10-21(22(13-16)30(34)35)27-11-4-12-29-24(32)18-5-2-3-6-19(18)25(29)33/h7-10,13-14,18-19,27H,2-6,11-12H2,1H3,(H,28,31)/t18-,19-/m0/s1. The number of nitro benzene ring substituents is 1. The molecule has 0 unspecified atom stereocenters. The summed E-state index contributed by atoms with van der Waals surface area (Å²) in [4.78, 5) is 50.2. The summed E-state index contributed by atoms with van der Waals surface area (Å²) in [5, 5.41) is 17.8. The Bertz CT molecular complexity index is 1160. The van der Waals surface area contributed by atoms with E-state index in [4.69, 9.17) is 11.6 Å². The number of aryl methyl sites for hydroxylation is 1. The second kappa shape index (κ2) is 10.4. The third kappa shape index (κ3) is 5.30. The molecule has 2 fully saturated rings. The quantitative estimate of drug-likeness (QED) is 0.233. The van der Waals surface area contributed by atoms with Crippen molar-refractivity contribution in [1.82, 2.24) is 4.90 Å². The minimum absolute atomic E-state index is 0.0871. The molecule has 2 aliphatic rings. The first-order chi connectivity index (χ1) is 16.8. The topological polar surface area (TPSA) is 122 Å². The lowest BCUT2D eigenvalue weighted by atomic mass is 9.81. The number of carbonyl (C=O) groups is 3. The van der Waals surface area contributed by atoms with Crippen LogP contribution in [-0.4, -0.2) is 40.6 Å². The van der Waals surface area contributed by atoms with Crippen molar-refractivity contribution < 1.29 is 19.3 Å². The highest BCUT2D eigenvalue weighted by atomic mass is 35.5.